The molecule has 1 atom stereocenters. The van der Waals surface area contributed by atoms with E-state index in [4.69, 9.17) is 16.3 Å². The van der Waals surface area contributed by atoms with Crippen LogP contribution in [0.1, 0.15) is 48.9 Å². The van der Waals surface area contributed by atoms with Crippen molar-refractivity contribution in [3.63, 3.8) is 0 Å². The van der Waals surface area contributed by atoms with Crippen LogP contribution in [0.4, 0.5) is 4.39 Å². The van der Waals surface area contributed by atoms with Gasteiger partial charge in [0.15, 0.2) is 11.8 Å². The van der Waals surface area contributed by atoms with E-state index >= 15 is 0 Å². The minimum Gasteiger partial charge on any atom is -0.494 e. The van der Waals surface area contributed by atoms with Gasteiger partial charge >= 0.3 is 5.97 Å². The number of benzene rings is 2. The van der Waals surface area contributed by atoms with Crippen LogP contribution in [0, 0.1) is 11.7 Å². The average Bonchev–Trinajstić information content (AvgIpc) is 3.63. The van der Waals surface area contributed by atoms with Crippen molar-refractivity contribution in [1.29, 1.82) is 0 Å². The molecule has 1 aliphatic rings. The molecule has 1 heterocycles. The molecule has 1 aliphatic carbocycles. The number of aromatic hydroxyl groups is 2. The third-order valence-corrected chi connectivity index (χ3v) is 7.03. The molecule has 7 nitrogen and oxygen atoms in total. The molecule has 0 saturated heterocycles. The predicted molar refractivity (Wildman–Crippen MR) is 139 cm³/mol. The highest BCUT2D eigenvalue weighted by molar-refractivity contribution is 6.30. The zero-order chi connectivity index (χ0) is 26.5. The van der Waals surface area contributed by atoms with Crippen LogP contribution in [-0.2, 0) is 24.3 Å². The van der Waals surface area contributed by atoms with Crippen molar-refractivity contribution in [3.05, 3.63) is 76.1 Å². The number of aryl methyl sites for hydroxylation is 1. The van der Waals surface area contributed by atoms with Gasteiger partial charge in [-0.3, -0.25) is 14.3 Å². The van der Waals surface area contributed by atoms with E-state index in [0.717, 1.165) is 36.9 Å². The summed E-state index contributed by atoms with van der Waals surface area (Å²) in [5, 5.41) is 29.3. The maximum atomic E-state index is 14.3. The Kier molecular flexibility index (Phi) is 8.61. The molecule has 0 bridgehead atoms. The number of hydrogen-bond acceptors (Lipinski definition) is 5. The predicted octanol–water partition coefficient (Wildman–Crippen LogP) is 5.76. The molecule has 0 aliphatic heterocycles. The van der Waals surface area contributed by atoms with Gasteiger partial charge in [-0.1, -0.05) is 36.7 Å². The van der Waals surface area contributed by atoms with Crippen LogP contribution in [0.3, 0.4) is 0 Å². The number of hydrogen-bond donors (Lipinski definition) is 3. The summed E-state index contributed by atoms with van der Waals surface area (Å²) >= 11 is 5.88. The molecule has 3 N–H and O–H groups in total. The second-order valence-corrected chi connectivity index (χ2v) is 9.91. The molecular weight excluding hydrogens is 499 g/mol. The highest BCUT2D eigenvalue weighted by atomic mass is 35.5. The standard InChI is InChI=1S/C28H32ClFN2O5/c1-2-20-13-19(5-8-25(20)37-12-11-32-26(33)9-10-27(32)34)17-31(16-18-3-4-18)24(15-28(35)36)21-6-7-22(29)23(30)14-21/h5-10,13-14,18,24,33-34H,2-4,11-12,15-17H2,1H3,(H,35,36). The number of halogens is 2. The first kappa shape index (κ1) is 26.8. The van der Waals surface area contributed by atoms with Crippen molar-refractivity contribution in [2.45, 2.75) is 51.7 Å². The number of nitrogens with zero attached hydrogens (tertiary/aromatic N) is 2. The number of carboxylic acid groups (broad SMARTS) is 1. The zero-order valence-corrected chi connectivity index (χ0v) is 21.5. The van der Waals surface area contributed by atoms with Gasteiger partial charge < -0.3 is 20.1 Å². The van der Waals surface area contributed by atoms with Gasteiger partial charge in [0.1, 0.15) is 18.2 Å². The number of carbonyl (C=O) groups is 1. The summed E-state index contributed by atoms with van der Waals surface area (Å²) in [6.07, 6.45) is 2.79. The summed E-state index contributed by atoms with van der Waals surface area (Å²) < 4.78 is 21.6. The SMILES string of the molecule is CCc1cc(CN(CC2CC2)C(CC(=O)O)c2ccc(Cl)c(F)c2)ccc1OCCn1c(O)ccc1O. The van der Waals surface area contributed by atoms with Gasteiger partial charge in [-0.05, 0) is 60.1 Å². The van der Waals surface area contributed by atoms with Crippen molar-refractivity contribution in [2.24, 2.45) is 5.92 Å². The van der Waals surface area contributed by atoms with E-state index < -0.39 is 17.8 Å². The first-order chi connectivity index (χ1) is 17.7. The van der Waals surface area contributed by atoms with Crippen molar-refractivity contribution in [2.75, 3.05) is 13.2 Å². The van der Waals surface area contributed by atoms with Crippen LogP contribution in [0.25, 0.3) is 0 Å². The lowest BCUT2D eigenvalue weighted by Crippen LogP contribution is -2.32. The molecule has 3 aromatic rings. The molecule has 37 heavy (non-hydrogen) atoms. The number of carboxylic acids is 1. The molecule has 4 rings (SSSR count). The number of aliphatic carboxylic acids is 1. The fourth-order valence-corrected chi connectivity index (χ4v) is 4.70. The maximum absolute atomic E-state index is 14.3. The van der Waals surface area contributed by atoms with Crippen molar-refractivity contribution < 1.29 is 29.2 Å². The Hall–Kier alpha value is -3.23. The van der Waals surface area contributed by atoms with Crippen LogP contribution in [0.2, 0.25) is 5.02 Å². The lowest BCUT2D eigenvalue weighted by molar-refractivity contribution is -0.138. The number of aromatic nitrogens is 1. The Morgan fingerprint density at radius 2 is 1.89 bits per heavy atom. The van der Waals surface area contributed by atoms with Gasteiger partial charge in [-0.2, -0.15) is 0 Å². The van der Waals surface area contributed by atoms with Crippen LogP contribution in [0.5, 0.6) is 17.5 Å². The zero-order valence-electron chi connectivity index (χ0n) is 20.7. The second-order valence-electron chi connectivity index (χ2n) is 9.51. The minimum atomic E-state index is -0.945. The Bertz CT molecular complexity index is 1220. The fourth-order valence-electron chi connectivity index (χ4n) is 4.58. The van der Waals surface area contributed by atoms with Crippen molar-refractivity contribution in [1.82, 2.24) is 9.47 Å². The molecule has 1 saturated carbocycles. The van der Waals surface area contributed by atoms with E-state index in [9.17, 15) is 24.5 Å². The van der Waals surface area contributed by atoms with Gasteiger partial charge in [0.2, 0.25) is 0 Å². The molecule has 0 spiro atoms. The van der Waals surface area contributed by atoms with Gasteiger partial charge in [0, 0.05) is 31.3 Å². The van der Waals surface area contributed by atoms with E-state index in [1.165, 1.54) is 28.8 Å². The van der Waals surface area contributed by atoms with Crippen molar-refractivity contribution in [3.8, 4) is 17.5 Å². The lowest BCUT2D eigenvalue weighted by Gasteiger charge is -2.32. The van der Waals surface area contributed by atoms with E-state index in [-0.39, 0.29) is 29.8 Å². The fraction of sp³-hybridized carbons (Fsp3) is 0.393. The van der Waals surface area contributed by atoms with E-state index in [0.29, 0.717) is 30.3 Å². The maximum Gasteiger partial charge on any atom is 0.305 e. The minimum absolute atomic E-state index is 0.0111. The van der Waals surface area contributed by atoms with E-state index in [1.807, 2.05) is 19.1 Å². The average molecular weight is 531 g/mol. The lowest BCUT2D eigenvalue weighted by atomic mass is 9.99. The highest BCUT2D eigenvalue weighted by Gasteiger charge is 2.31. The topological polar surface area (TPSA) is 95.2 Å². The smallest absolute Gasteiger partial charge is 0.305 e. The Labute approximate surface area is 220 Å². The first-order valence-electron chi connectivity index (χ1n) is 12.5. The summed E-state index contributed by atoms with van der Waals surface area (Å²) in [5.74, 6) is -0.342. The molecule has 0 amide bonds. The molecule has 1 fully saturated rings. The van der Waals surface area contributed by atoms with Crippen LogP contribution >= 0.6 is 11.6 Å². The van der Waals surface area contributed by atoms with Crippen LogP contribution in [0.15, 0.2) is 48.5 Å². The molecule has 2 aromatic carbocycles. The molecule has 198 valence electrons. The van der Waals surface area contributed by atoms with Gasteiger partial charge in [-0.15, -0.1) is 0 Å². The summed E-state index contributed by atoms with van der Waals surface area (Å²) in [7, 11) is 0. The van der Waals surface area contributed by atoms with E-state index in [2.05, 4.69) is 11.0 Å². The normalized spacial score (nSPS) is 14.2. The third kappa shape index (κ3) is 6.96. The summed E-state index contributed by atoms with van der Waals surface area (Å²) in [5.41, 5.74) is 2.60. The molecule has 9 heteroatoms. The van der Waals surface area contributed by atoms with Crippen LogP contribution < -0.4 is 4.74 Å². The molecule has 1 unspecified atom stereocenters. The quantitative estimate of drug-likeness (QED) is 0.260. The molecular formula is C28H32ClFN2O5. The first-order valence-corrected chi connectivity index (χ1v) is 12.9. The van der Waals surface area contributed by atoms with Gasteiger partial charge in [-0.25, -0.2) is 4.39 Å². The van der Waals surface area contributed by atoms with E-state index in [1.54, 1.807) is 6.07 Å². The summed E-state index contributed by atoms with van der Waals surface area (Å²) in [6, 6.07) is 12.8. The Morgan fingerprint density at radius 1 is 1.16 bits per heavy atom. The summed E-state index contributed by atoms with van der Waals surface area (Å²) in [6.45, 7) is 3.82. The Balaban J connectivity index is 1.52. The van der Waals surface area contributed by atoms with Gasteiger partial charge in [0.25, 0.3) is 0 Å². The Morgan fingerprint density at radius 3 is 2.51 bits per heavy atom. The highest BCUT2D eigenvalue weighted by Crippen LogP contribution is 2.36. The van der Waals surface area contributed by atoms with Crippen molar-refractivity contribution >= 4 is 17.6 Å². The monoisotopic (exact) mass is 530 g/mol. The van der Waals surface area contributed by atoms with Crippen LogP contribution in [-0.4, -0.2) is 43.9 Å². The number of rotatable bonds is 13. The van der Waals surface area contributed by atoms with Gasteiger partial charge in [0.05, 0.1) is 18.0 Å². The summed E-state index contributed by atoms with van der Waals surface area (Å²) in [4.78, 5) is 13.9. The third-order valence-electron chi connectivity index (χ3n) is 6.73. The second kappa shape index (κ2) is 11.9. The number of ether oxygens (including phenoxy) is 1. The molecule has 1 aromatic heterocycles. The molecule has 0 radical (unpaired) electrons. The largest absolute Gasteiger partial charge is 0.494 e.